The van der Waals surface area contributed by atoms with Crippen LogP contribution in [0.3, 0.4) is 0 Å². The quantitative estimate of drug-likeness (QED) is 0.631. The minimum Gasteiger partial charge on any atom is -0.0654 e. The van der Waals surface area contributed by atoms with E-state index in [2.05, 4.69) is 20.8 Å². The van der Waals surface area contributed by atoms with Crippen LogP contribution in [0.4, 0.5) is 0 Å². The lowest BCUT2D eigenvalue weighted by atomic mass is 9.68. The molecule has 0 heteroatoms. The van der Waals surface area contributed by atoms with Gasteiger partial charge in [-0.2, -0.15) is 0 Å². The van der Waals surface area contributed by atoms with Crippen molar-refractivity contribution in [3.05, 3.63) is 0 Å². The molecule has 0 amide bonds. The Bertz CT molecular complexity index is 224. The molecule has 0 radical (unpaired) electrons. The summed E-state index contributed by atoms with van der Waals surface area (Å²) < 4.78 is 0. The smallest absolute Gasteiger partial charge is 0.0264 e. The first kappa shape index (κ1) is 9.24. The summed E-state index contributed by atoms with van der Waals surface area (Å²) in [5.41, 5.74) is 0.774. The van der Waals surface area contributed by atoms with Crippen LogP contribution < -0.4 is 0 Å². The van der Waals surface area contributed by atoms with Crippen LogP contribution in [-0.2, 0) is 0 Å². The molecular weight excluding hydrogens is 168 g/mol. The van der Waals surface area contributed by atoms with Gasteiger partial charge >= 0.3 is 0 Å². The normalized spacial score (nSPS) is 58.9. The Morgan fingerprint density at radius 2 is 1.64 bits per heavy atom. The van der Waals surface area contributed by atoms with Crippen molar-refractivity contribution in [3.8, 4) is 0 Å². The van der Waals surface area contributed by atoms with Gasteiger partial charge in [-0.25, -0.2) is 0 Å². The minimum absolute atomic E-state index is 0.774. The number of hydrogen-bond donors (Lipinski definition) is 0. The first-order chi connectivity index (χ1) is 6.72. The molecule has 80 valence electrons. The van der Waals surface area contributed by atoms with Crippen LogP contribution in [0.5, 0.6) is 0 Å². The molecule has 3 saturated carbocycles. The molecule has 0 aromatic carbocycles. The minimum atomic E-state index is 0.774. The molecule has 0 nitrogen and oxygen atoms in total. The highest BCUT2D eigenvalue weighted by molar-refractivity contribution is 5.16. The molecule has 0 spiro atoms. The maximum atomic E-state index is 2.61. The van der Waals surface area contributed by atoms with Crippen LogP contribution in [0.25, 0.3) is 0 Å². The van der Waals surface area contributed by atoms with E-state index in [4.69, 9.17) is 0 Å². The van der Waals surface area contributed by atoms with Crippen molar-refractivity contribution in [2.45, 2.75) is 52.9 Å². The molecule has 3 rings (SSSR count). The van der Waals surface area contributed by atoms with Gasteiger partial charge in [0.2, 0.25) is 0 Å². The van der Waals surface area contributed by atoms with E-state index in [-0.39, 0.29) is 0 Å². The van der Waals surface area contributed by atoms with Gasteiger partial charge in [0.25, 0.3) is 0 Å². The van der Waals surface area contributed by atoms with Crippen molar-refractivity contribution < 1.29 is 0 Å². The molecule has 0 aromatic rings. The van der Waals surface area contributed by atoms with Crippen LogP contribution in [0.1, 0.15) is 52.9 Å². The van der Waals surface area contributed by atoms with E-state index in [0.717, 1.165) is 35.0 Å². The van der Waals surface area contributed by atoms with E-state index in [1.54, 1.807) is 12.8 Å². The second-order valence-electron chi connectivity index (χ2n) is 6.34. The lowest BCUT2D eigenvalue weighted by molar-refractivity contribution is 0.119. The second-order valence-corrected chi connectivity index (χ2v) is 6.34. The molecule has 0 bridgehead atoms. The molecule has 0 aromatic heterocycles. The molecule has 4 atom stereocenters. The molecule has 3 fully saturated rings. The highest BCUT2D eigenvalue weighted by Crippen LogP contribution is 2.75. The maximum Gasteiger partial charge on any atom is -0.0264 e. The lowest BCUT2D eigenvalue weighted by Gasteiger charge is -2.36. The summed E-state index contributed by atoms with van der Waals surface area (Å²) in [5.74, 6) is 5.71. The van der Waals surface area contributed by atoms with Crippen LogP contribution in [0.15, 0.2) is 0 Å². The van der Waals surface area contributed by atoms with Crippen LogP contribution in [0.2, 0.25) is 0 Å². The fraction of sp³-hybridized carbons (Fsp3) is 1.00. The van der Waals surface area contributed by atoms with Gasteiger partial charge in [-0.3, -0.25) is 0 Å². The molecule has 3 aliphatic rings. The van der Waals surface area contributed by atoms with Gasteiger partial charge in [-0.1, -0.05) is 33.6 Å². The van der Waals surface area contributed by atoms with Gasteiger partial charge in [0.1, 0.15) is 0 Å². The Labute approximate surface area is 88.5 Å². The molecule has 0 N–H and O–H groups in total. The summed E-state index contributed by atoms with van der Waals surface area (Å²) in [4.78, 5) is 0. The van der Waals surface area contributed by atoms with Gasteiger partial charge < -0.3 is 0 Å². The Kier molecular flexibility index (Phi) is 1.83. The lowest BCUT2D eigenvalue weighted by Crippen LogP contribution is -2.30. The van der Waals surface area contributed by atoms with E-state index < -0.39 is 0 Å². The Hall–Kier alpha value is 0. The largest absolute Gasteiger partial charge is 0.0654 e. The summed E-state index contributed by atoms with van der Waals surface area (Å²) >= 11 is 0. The highest BCUT2D eigenvalue weighted by Gasteiger charge is 2.68. The Balaban J connectivity index is 1.80. The average Bonchev–Trinajstić information content (AvgIpc) is 2.97. The van der Waals surface area contributed by atoms with E-state index in [1.165, 1.54) is 19.3 Å². The molecule has 0 aliphatic heterocycles. The zero-order valence-electron chi connectivity index (χ0n) is 9.92. The number of rotatable bonds is 3. The van der Waals surface area contributed by atoms with Crippen molar-refractivity contribution in [1.29, 1.82) is 0 Å². The summed E-state index contributed by atoms with van der Waals surface area (Å²) in [6.45, 7) is 7.39. The molecule has 4 unspecified atom stereocenters. The number of fused-ring (bicyclic) bond motifs is 2. The predicted octanol–water partition coefficient (Wildman–Crippen LogP) is 4.10. The van der Waals surface area contributed by atoms with Crippen molar-refractivity contribution in [2.24, 2.45) is 35.0 Å². The van der Waals surface area contributed by atoms with E-state index in [9.17, 15) is 0 Å². The van der Waals surface area contributed by atoms with Crippen molar-refractivity contribution in [1.82, 2.24) is 0 Å². The first-order valence-corrected chi connectivity index (χ1v) is 6.72. The van der Waals surface area contributed by atoms with Crippen molar-refractivity contribution in [3.63, 3.8) is 0 Å². The third-order valence-corrected chi connectivity index (χ3v) is 5.73. The molecule has 14 heavy (non-hydrogen) atoms. The predicted molar refractivity (Wildman–Crippen MR) is 60.0 cm³/mol. The van der Waals surface area contributed by atoms with Gasteiger partial charge in [-0.05, 0) is 54.3 Å². The molecule has 0 saturated heterocycles. The zero-order chi connectivity index (χ0) is 9.92. The summed E-state index contributed by atoms with van der Waals surface area (Å²) in [5, 5.41) is 0. The molecule has 3 aliphatic carbocycles. The topological polar surface area (TPSA) is 0 Å². The fourth-order valence-electron chi connectivity index (χ4n) is 5.00. The third kappa shape index (κ3) is 1.01. The van der Waals surface area contributed by atoms with E-state index >= 15 is 0 Å². The average molecular weight is 192 g/mol. The van der Waals surface area contributed by atoms with Gasteiger partial charge in [-0.15, -0.1) is 0 Å². The van der Waals surface area contributed by atoms with Gasteiger partial charge in [0, 0.05) is 0 Å². The first-order valence-electron chi connectivity index (χ1n) is 6.72. The Morgan fingerprint density at radius 3 is 2.07 bits per heavy atom. The SMILES string of the molecule is CCCC1(C)C2CC2C(CC)C2CC21. The van der Waals surface area contributed by atoms with E-state index in [1.807, 2.05) is 0 Å². The fourth-order valence-corrected chi connectivity index (χ4v) is 5.00. The van der Waals surface area contributed by atoms with Gasteiger partial charge in [0.05, 0.1) is 0 Å². The molecular formula is C14H24. The highest BCUT2D eigenvalue weighted by atomic mass is 14.7. The van der Waals surface area contributed by atoms with Crippen LogP contribution in [-0.4, -0.2) is 0 Å². The standard InChI is InChI=1S/C14H24/c1-4-6-14(3)12-7-10(12)9(5-2)11-8-13(11)14/h9-13H,4-8H2,1-3H3. The van der Waals surface area contributed by atoms with Crippen LogP contribution in [0, 0.1) is 35.0 Å². The van der Waals surface area contributed by atoms with Crippen molar-refractivity contribution in [2.75, 3.05) is 0 Å². The number of hydrogen-bond acceptors (Lipinski definition) is 0. The van der Waals surface area contributed by atoms with Crippen molar-refractivity contribution >= 4 is 0 Å². The van der Waals surface area contributed by atoms with Crippen LogP contribution >= 0.6 is 0 Å². The second kappa shape index (κ2) is 2.77. The summed E-state index contributed by atoms with van der Waals surface area (Å²) in [6.07, 6.45) is 7.54. The summed E-state index contributed by atoms with van der Waals surface area (Å²) in [7, 11) is 0. The monoisotopic (exact) mass is 192 g/mol. The summed E-state index contributed by atoms with van der Waals surface area (Å²) in [6, 6.07) is 0. The van der Waals surface area contributed by atoms with Gasteiger partial charge in [0.15, 0.2) is 0 Å². The van der Waals surface area contributed by atoms with E-state index in [0.29, 0.717) is 0 Å². The zero-order valence-corrected chi connectivity index (χ0v) is 9.92. The maximum absolute atomic E-state index is 2.61. The third-order valence-electron chi connectivity index (χ3n) is 5.73. The molecule has 0 heterocycles. The Morgan fingerprint density at radius 1 is 1.07 bits per heavy atom.